The molecule has 0 aliphatic carbocycles. The van der Waals surface area contributed by atoms with Crippen LogP contribution in [-0.2, 0) is 11.2 Å². The lowest BCUT2D eigenvalue weighted by atomic mass is 10.1. The highest BCUT2D eigenvalue weighted by Gasteiger charge is 2.07. The Labute approximate surface area is 158 Å². The second kappa shape index (κ2) is 8.27. The number of H-pyrrole nitrogens is 1. The first kappa shape index (κ1) is 18.3. The smallest absolute Gasteiger partial charge is 0.336 e. The molecule has 5 nitrogen and oxygen atoms in total. The molecule has 0 amide bonds. The van der Waals surface area contributed by atoms with E-state index in [2.05, 4.69) is 16.9 Å². The van der Waals surface area contributed by atoms with Crippen molar-refractivity contribution in [2.75, 3.05) is 6.54 Å². The molecule has 0 bridgehead atoms. The van der Waals surface area contributed by atoms with Crippen LogP contribution in [0.15, 0.2) is 67.0 Å². The van der Waals surface area contributed by atoms with Crippen LogP contribution in [0.5, 0.6) is 11.5 Å². The fraction of sp³-hybridized carbons (Fsp3) is 0.136. The Hall–Kier alpha value is -3.47. The number of benzene rings is 2. The Kier molecular flexibility index (Phi) is 5.61. The lowest BCUT2D eigenvalue weighted by molar-refractivity contribution is -0.128. The first-order valence-electron chi connectivity index (χ1n) is 8.69. The average molecular weight is 362 g/mol. The van der Waals surface area contributed by atoms with Gasteiger partial charge in [-0.05, 0) is 60.9 Å². The predicted molar refractivity (Wildman–Crippen MR) is 108 cm³/mol. The van der Waals surface area contributed by atoms with Crippen molar-refractivity contribution in [3.63, 3.8) is 0 Å². The first-order valence-corrected chi connectivity index (χ1v) is 8.69. The summed E-state index contributed by atoms with van der Waals surface area (Å²) in [4.78, 5) is 15.3. The standard InChI is InChI=1S/C22H22N2O3/c1-15(2)23-11-10-17-14-24-21-8-7-19(13-20(17)21)27-22(26)9-6-16-4-3-5-18(25)12-16/h3-9,12-14,23-25H,1,10-11H2,2H3/b9-6+. The minimum Gasteiger partial charge on any atom is -0.508 e. The SMILES string of the molecule is C=C(C)NCCc1c[nH]c2ccc(OC(=O)/C=C/c3cccc(O)c3)cc12. The van der Waals surface area contributed by atoms with Crippen molar-refractivity contribution < 1.29 is 14.6 Å². The summed E-state index contributed by atoms with van der Waals surface area (Å²) in [7, 11) is 0. The fourth-order valence-corrected chi connectivity index (χ4v) is 2.78. The molecule has 1 aromatic heterocycles. The summed E-state index contributed by atoms with van der Waals surface area (Å²) < 4.78 is 5.41. The van der Waals surface area contributed by atoms with Crippen LogP contribution >= 0.6 is 0 Å². The number of allylic oxidation sites excluding steroid dienone is 1. The molecular formula is C22H22N2O3. The number of aromatic hydroxyl groups is 1. The first-order chi connectivity index (χ1) is 13.0. The molecular weight excluding hydrogens is 340 g/mol. The van der Waals surface area contributed by atoms with Crippen LogP contribution in [0.1, 0.15) is 18.1 Å². The highest BCUT2D eigenvalue weighted by atomic mass is 16.5. The number of hydrogen-bond donors (Lipinski definition) is 3. The third-order valence-electron chi connectivity index (χ3n) is 4.06. The number of esters is 1. The summed E-state index contributed by atoms with van der Waals surface area (Å²) in [5, 5.41) is 13.7. The van der Waals surface area contributed by atoms with E-state index in [0.717, 1.165) is 40.7 Å². The molecule has 3 aromatic rings. The lowest BCUT2D eigenvalue weighted by Crippen LogP contribution is -2.13. The molecule has 3 N–H and O–H groups in total. The molecule has 0 fully saturated rings. The van der Waals surface area contributed by atoms with E-state index in [1.165, 1.54) is 6.08 Å². The number of phenolic OH excluding ortho intramolecular Hbond substituents is 1. The predicted octanol–water partition coefficient (Wildman–Crippen LogP) is 4.16. The number of aromatic amines is 1. The maximum absolute atomic E-state index is 12.1. The quantitative estimate of drug-likeness (QED) is 0.335. The van der Waals surface area contributed by atoms with Gasteiger partial charge in [-0.3, -0.25) is 0 Å². The zero-order chi connectivity index (χ0) is 19.2. The van der Waals surface area contributed by atoms with Crippen molar-refractivity contribution in [1.82, 2.24) is 10.3 Å². The molecule has 3 rings (SSSR count). The third kappa shape index (κ3) is 5.01. The van der Waals surface area contributed by atoms with Crippen molar-refractivity contribution in [2.24, 2.45) is 0 Å². The highest BCUT2D eigenvalue weighted by Crippen LogP contribution is 2.24. The molecule has 27 heavy (non-hydrogen) atoms. The zero-order valence-corrected chi connectivity index (χ0v) is 15.2. The molecule has 1 heterocycles. The van der Waals surface area contributed by atoms with E-state index in [0.29, 0.717) is 5.75 Å². The largest absolute Gasteiger partial charge is 0.508 e. The molecule has 0 aliphatic rings. The minimum atomic E-state index is -0.473. The van der Waals surface area contributed by atoms with Crippen LogP contribution in [-0.4, -0.2) is 22.6 Å². The summed E-state index contributed by atoms with van der Waals surface area (Å²) in [6.07, 6.45) is 5.75. The molecule has 5 heteroatoms. The highest BCUT2D eigenvalue weighted by molar-refractivity contribution is 5.90. The molecule has 138 valence electrons. The van der Waals surface area contributed by atoms with Crippen LogP contribution in [0, 0.1) is 0 Å². The van der Waals surface area contributed by atoms with Crippen molar-refractivity contribution in [3.8, 4) is 11.5 Å². The molecule has 0 saturated heterocycles. The van der Waals surface area contributed by atoms with Crippen molar-refractivity contribution >= 4 is 22.9 Å². The van der Waals surface area contributed by atoms with Gasteiger partial charge < -0.3 is 20.1 Å². The summed E-state index contributed by atoms with van der Waals surface area (Å²) in [6.45, 7) is 6.55. The number of carbonyl (C=O) groups is 1. The van der Waals surface area contributed by atoms with E-state index in [9.17, 15) is 9.90 Å². The number of aromatic nitrogens is 1. The summed E-state index contributed by atoms with van der Waals surface area (Å²) in [6, 6.07) is 12.2. The minimum absolute atomic E-state index is 0.150. The fourth-order valence-electron chi connectivity index (χ4n) is 2.78. The Bertz CT molecular complexity index is 1000. The van der Waals surface area contributed by atoms with E-state index in [-0.39, 0.29) is 5.75 Å². The van der Waals surface area contributed by atoms with E-state index in [1.54, 1.807) is 36.4 Å². The second-order valence-electron chi connectivity index (χ2n) is 6.33. The Morgan fingerprint density at radius 2 is 2.15 bits per heavy atom. The lowest BCUT2D eigenvalue weighted by Gasteiger charge is -2.05. The number of carbonyl (C=O) groups excluding carboxylic acids is 1. The van der Waals surface area contributed by atoms with E-state index in [1.807, 2.05) is 25.3 Å². The number of ether oxygens (including phenoxy) is 1. The van der Waals surface area contributed by atoms with E-state index in [4.69, 9.17) is 4.74 Å². The van der Waals surface area contributed by atoms with Gasteiger partial charge in [0.2, 0.25) is 0 Å². The molecule has 0 radical (unpaired) electrons. The van der Waals surface area contributed by atoms with Crippen LogP contribution in [0.4, 0.5) is 0 Å². The van der Waals surface area contributed by atoms with Crippen molar-refractivity contribution in [1.29, 1.82) is 0 Å². The van der Waals surface area contributed by atoms with Gasteiger partial charge in [0.05, 0.1) is 0 Å². The molecule has 0 saturated carbocycles. The number of phenols is 1. The van der Waals surface area contributed by atoms with Gasteiger partial charge in [0.15, 0.2) is 0 Å². The molecule has 0 unspecified atom stereocenters. The maximum atomic E-state index is 12.1. The van der Waals surface area contributed by atoms with Gasteiger partial charge in [-0.25, -0.2) is 4.79 Å². The molecule has 0 aliphatic heterocycles. The molecule has 2 aromatic carbocycles. The normalized spacial score (nSPS) is 11.0. The monoisotopic (exact) mass is 362 g/mol. The van der Waals surface area contributed by atoms with Gasteiger partial charge in [-0.15, -0.1) is 0 Å². The van der Waals surface area contributed by atoms with Crippen LogP contribution in [0.2, 0.25) is 0 Å². The molecule has 0 spiro atoms. The number of nitrogens with one attached hydrogen (secondary N) is 2. The van der Waals surface area contributed by atoms with Crippen LogP contribution in [0.3, 0.4) is 0 Å². The summed E-state index contributed by atoms with van der Waals surface area (Å²) >= 11 is 0. The Balaban J connectivity index is 1.69. The maximum Gasteiger partial charge on any atom is 0.336 e. The molecule has 0 atom stereocenters. The number of rotatable bonds is 7. The van der Waals surface area contributed by atoms with Crippen molar-refractivity contribution in [2.45, 2.75) is 13.3 Å². The van der Waals surface area contributed by atoms with Crippen molar-refractivity contribution in [3.05, 3.63) is 78.1 Å². The third-order valence-corrected chi connectivity index (χ3v) is 4.06. The van der Waals surface area contributed by atoms with Gasteiger partial charge in [0.1, 0.15) is 11.5 Å². The van der Waals surface area contributed by atoms with Gasteiger partial charge in [0.25, 0.3) is 0 Å². The summed E-state index contributed by atoms with van der Waals surface area (Å²) in [5.74, 6) is 0.164. The number of fused-ring (bicyclic) bond motifs is 1. The number of hydrogen-bond acceptors (Lipinski definition) is 4. The zero-order valence-electron chi connectivity index (χ0n) is 15.2. The average Bonchev–Trinajstić information content (AvgIpc) is 3.02. The second-order valence-corrected chi connectivity index (χ2v) is 6.33. The summed E-state index contributed by atoms with van der Waals surface area (Å²) in [5.41, 5.74) is 3.80. The van der Waals surface area contributed by atoms with Gasteiger partial charge in [-0.2, -0.15) is 0 Å². The van der Waals surface area contributed by atoms with Gasteiger partial charge >= 0.3 is 5.97 Å². The van der Waals surface area contributed by atoms with Gasteiger partial charge in [-0.1, -0.05) is 18.7 Å². The Morgan fingerprint density at radius 1 is 1.30 bits per heavy atom. The van der Waals surface area contributed by atoms with E-state index >= 15 is 0 Å². The van der Waals surface area contributed by atoms with E-state index < -0.39 is 5.97 Å². The van der Waals surface area contributed by atoms with Crippen LogP contribution in [0.25, 0.3) is 17.0 Å². The van der Waals surface area contributed by atoms with Crippen LogP contribution < -0.4 is 10.1 Å². The Morgan fingerprint density at radius 3 is 2.93 bits per heavy atom. The van der Waals surface area contributed by atoms with Gasteiger partial charge in [0, 0.05) is 35.4 Å². The topological polar surface area (TPSA) is 74.3 Å².